The molecule has 0 aliphatic heterocycles. The smallest absolute Gasteiger partial charge is 0.143 e. The first-order valence-corrected chi connectivity index (χ1v) is 8.49. The molecule has 0 aliphatic carbocycles. The number of unbranched alkanes of at least 4 members (excludes halogenated alkanes) is 4. The number of aliphatic hydroxyl groups is 1. The summed E-state index contributed by atoms with van der Waals surface area (Å²) in [5.74, 6) is 0. The fourth-order valence-electron chi connectivity index (χ4n) is 2.06. The van der Waals surface area contributed by atoms with Gasteiger partial charge in [0.15, 0.2) is 0 Å². The van der Waals surface area contributed by atoms with Crippen LogP contribution in [0.2, 0.25) is 0 Å². The van der Waals surface area contributed by atoms with Gasteiger partial charge in [-0.05, 0) is 26.1 Å². The molecule has 0 spiro atoms. The van der Waals surface area contributed by atoms with Crippen molar-refractivity contribution in [3.05, 3.63) is 35.9 Å². The largest absolute Gasteiger partial charge is 0.376 e. The molecule has 130 valence electrons. The maximum Gasteiger partial charge on any atom is 0.143 e. The molecule has 1 aromatic rings. The molecule has 2 atom stereocenters. The number of benzene rings is 1. The molecule has 1 aromatic carbocycles. The Morgan fingerprint density at radius 2 is 1.50 bits per heavy atom. The van der Waals surface area contributed by atoms with Gasteiger partial charge in [-0.3, -0.25) is 0 Å². The van der Waals surface area contributed by atoms with E-state index in [-0.39, 0.29) is 18.4 Å². The van der Waals surface area contributed by atoms with Crippen LogP contribution in [-0.2, 0) is 6.42 Å². The van der Waals surface area contributed by atoms with E-state index in [1.165, 1.54) is 37.7 Å². The normalized spacial score (nSPS) is 12.9. The van der Waals surface area contributed by atoms with Crippen LogP contribution in [0.15, 0.2) is 30.3 Å². The fourth-order valence-corrected chi connectivity index (χ4v) is 2.37. The zero-order chi connectivity index (χ0) is 16.1. The fraction of sp³-hybridized carbons (Fsp3) is 0.667. The topological polar surface area (TPSA) is 23.5 Å². The summed E-state index contributed by atoms with van der Waals surface area (Å²) in [4.78, 5) is 1.94. The zero-order valence-electron chi connectivity index (χ0n) is 14.5. The van der Waals surface area contributed by atoms with Crippen molar-refractivity contribution in [1.29, 1.82) is 0 Å². The molecule has 0 saturated heterocycles. The van der Waals surface area contributed by atoms with Crippen molar-refractivity contribution in [3.63, 3.8) is 0 Å². The average Bonchev–Trinajstić information content (AvgIpc) is 2.46. The van der Waals surface area contributed by atoms with Gasteiger partial charge in [0.1, 0.15) is 5.56 Å². The summed E-state index contributed by atoms with van der Waals surface area (Å²) in [6.07, 6.45) is 7.77. The number of alkyl halides is 1. The van der Waals surface area contributed by atoms with E-state index >= 15 is 0 Å². The van der Waals surface area contributed by atoms with E-state index in [1.54, 1.807) is 0 Å². The summed E-state index contributed by atoms with van der Waals surface area (Å²) in [5.41, 5.74) is 0.358. The molecule has 1 rings (SSSR count). The summed E-state index contributed by atoms with van der Waals surface area (Å²) >= 11 is 5.70. The lowest BCUT2D eigenvalue weighted by molar-refractivity contribution is 0.136. The summed E-state index contributed by atoms with van der Waals surface area (Å²) in [7, 11) is 3.83. The number of hydrogen-bond donors (Lipinski definition) is 1. The number of rotatable bonds is 8. The van der Waals surface area contributed by atoms with E-state index in [0.717, 1.165) is 6.42 Å². The van der Waals surface area contributed by atoms with Crippen molar-refractivity contribution in [2.75, 3.05) is 14.1 Å². The number of likely N-dealkylation sites (N-methyl/N-ethyl adjacent to an activating group) is 1. The Morgan fingerprint density at radius 3 is 1.86 bits per heavy atom. The van der Waals surface area contributed by atoms with Crippen LogP contribution in [-0.4, -0.2) is 35.7 Å². The average molecular weight is 350 g/mol. The van der Waals surface area contributed by atoms with Crippen LogP contribution >= 0.6 is 24.0 Å². The molecule has 0 saturated carbocycles. The van der Waals surface area contributed by atoms with Crippen molar-refractivity contribution in [1.82, 2.24) is 4.90 Å². The molecule has 0 aromatic heterocycles. The van der Waals surface area contributed by atoms with E-state index in [2.05, 4.69) is 13.8 Å². The molecular weight excluding hydrogens is 317 g/mol. The first kappa shape index (κ1) is 24.0. The lowest BCUT2D eigenvalue weighted by atomic mass is 10.1. The first-order chi connectivity index (χ1) is 10.0. The second-order valence-electron chi connectivity index (χ2n) is 5.65. The third-order valence-electron chi connectivity index (χ3n) is 3.48. The molecule has 22 heavy (non-hydrogen) atoms. The molecule has 2 nitrogen and oxygen atoms in total. The third-order valence-corrected chi connectivity index (χ3v) is 3.77. The van der Waals surface area contributed by atoms with Gasteiger partial charge in [0.2, 0.25) is 0 Å². The van der Waals surface area contributed by atoms with Crippen LogP contribution in [0.4, 0.5) is 0 Å². The number of aliphatic hydroxyl groups excluding tert-OH is 1. The van der Waals surface area contributed by atoms with Crippen LogP contribution in [0.3, 0.4) is 0 Å². The minimum Gasteiger partial charge on any atom is -0.376 e. The number of nitrogens with zero attached hydrogens (tertiary/aromatic N) is 1. The van der Waals surface area contributed by atoms with Gasteiger partial charge in [-0.25, -0.2) is 0 Å². The van der Waals surface area contributed by atoms with Gasteiger partial charge in [-0.2, -0.15) is 0 Å². The van der Waals surface area contributed by atoms with E-state index < -0.39 is 5.56 Å². The molecule has 0 amide bonds. The Bertz CT molecular complexity index is 319. The third kappa shape index (κ3) is 12.3. The maximum absolute atomic E-state index is 9.37. The Balaban J connectivity index is 0. The van der Waals surface area contributed by atoms with Crippen LogP contribution in [0.1, 0.15) is 51.5 Å². The van der Waals surface area contributed by atoms with Crippen LogP contribution < -0.4 is 0 Å². The van der Waals surface area contributed by atoms with Gasteiger partial charge in [-0.1, -0.05) is 87.9 Å². The van der Waals surface area contributed by atoms with Gasteiger partial charge in [-0.15, -0.1) is 12.4 Å². The highest BCUT2D eigenvalue weighted by Gasteiger charge is 2.19. The van der Waals surface area contributed by atoms with Crippen LogP contribution in [0, 0.1) is 0 Å². The Kier molecular flexibility index (Phi) is 17.0. The quantitative estimate of drug-likeness (QED) is 0.520. The first-order valence-electron chi connectivity index (χ1n) is 8.05. The van der Waals surface area contributed by atoms with Crippen molar-refractivity contribution < 1.29 is 5.11 Å². The standard InChI is InChI=1S/C11H16ClNO.C7H16.ClH/c1-13(2)10(11(12)14)8-9-6-4-3-5-7-9;1-3-5-7-6-4-2;/h3-7,10-11,14H,8H2,1-2H3;3-7H2,1-2H3;1H. The molecular formula is C18H33Cl2NO. The Morgan fingerprint density at radius 1 is 1.00 bits per heavy atom. The van der Waals surface area contributed by atoms with Crippen molar-refractivity contribution >= 4 is 24.0 Å². The minimum absolute atomic E-state index is 0. The molecule has 0 aliphatic rings. The van der Waals surface area contributed by atoms with E-state index in [4.69, 9.17) is 11.6 Å². The Labute approximate surface area is 148 Å². The molecule has 4 heteroatoms. The molecule has 0 heterocycles. The minimum atomic E-state index is -0.829. The molecule has 1 N–H and O–H groups in total. The highest BCUT2D eigenvalue weighted by atomic mass is 35.5. The van der Waals surface area contributed by atoms with Gasteiger partial charge in [0, 0.05) is 0 Å². The predicted molar refractivity (Wildman–Crippen MR) is 101 cm³/mol. The second kappa shape index (κ2) is 15.6. The van der Waals surface area contributed by atoms with Crippen LogP contribution in [0.25, 0.3) is 0 Å². The van der Waals surface area contributed by atoms with Crippen molar-refractivity contribution in [2.24, 2.45) is 0 Å². The lowest BCUT2D eigenvalue weighted by Crippen LogP contribution is -2.37. The predicted octanol–water partition coefficient (Wildman–Crippen LogP) is 5.12. The zero-order valence-corrected chi connectivity index (χ0v) is 16.0. The monoisotopic (exact) mass is 349 g/mol. The van der Waals surface area contributed by atoms with Gasteiger partial charge >= 0.3 is 0 Å². The van der Waals surface area contributed by atoms with E-state index in [0.29, 0.717) is 0 Å². The molecule has 0 fully saturated rings. The number of hydrogen-bond acceptors (Lipinski definition) is 2. The lowest BCUT2D eigenvalue weighted by Gasteiger charge is -2.25. The van der Waals surface area contributed by atoms with Gasteiger partial charge in [0.25, 0.3) is 0 Å². The van der Waals surface area contributed by atoms with Gasteiger partial charge < -0.3 is 10.0 Å². The van der Waals surface area contributed by atoms with E-state index in [9.17, 15) is 5.11 Å². The Hall–Kier alpha value is -0.280. The highest BCUT2D eigenvalue weighted by molar-refractivity contribution is 6.19. The second-order valence-corrected chi connectivity index (χ2v) is 6.10. The summed E-state index contributed by atoms with van der Waals surface area (Å²) in [5, 5.41) is 9.37. The molecule has 2 unspecified atom stereocenters. The number of halogens is 2. The van der Waals surface area contributed by atoms with Gasteiger partial charge in [0.05, 0.1) is 6.04 Å². The van der Waals surface area contributed by atoms with Crippen LogP contribution in [0.5, 0.6) is 0 Å². The summed E-state index contributed by atoms with van der Waals surface area (Å²) < 4.78 is 0. The van der Waals surface area contributed by atoms with E-state index in [1.807, 2.05) is 49.3 Å². The summed E-state index contributed by atoms with van der Waals surface area (Å²) in [6.45, 7) is 4.49. The SMILES string of the molecule is CCCCCCC.CN(C)C(Cc1ccccc1)C(O)Cl.Cl. The highest BCUT2D eigenvalue weighted by Crippen LogP contribution is 2.12. The maximum atomic E-state index is 9.37. The summed E-state index contributed by atoms with van der Waals surface area (Å²) in [6, 6.07) is 9.99. The van der Waals surface area contributed by atoms with Crippen molar-refractivity contribution in [3.8, 4) is 0 Å². The molecule has 0 radical (unpaired) electrons. The van der Waals surface area contributed by atoms with Crippen molar-refractivity contribution in [2.45, 2.75) is 64.0 Å². The molecule has 0 bridgehead atoms.